The van der Waals surface area contributed by atoms with E-state index in [0.717, 1.165) is 0 Å². The molecule has 0 radical (unpaired) electrons. The van der Waals surface area contributed by atoms with Gasteiger partial charge in [0, 0.05) is 72.1 Å². The fourth-order valence-corrected chi connectivity index (χ4v) is 15.4. The molecule has 3 heterocycles. The number of carbonyl (C=O) groups excluding carboxylic acids is 4. The molecule has 0 amide bonds. The molecule has 0 aromatic heterocycles. The van der Waals surface area contributed by atoms with Gasteiger partial charge < -0.3 is 48.8 Å². The molecule has 0 aromatic rings. The second-order valence-corrected chi connectivity index (χ2v) is 19.9. The number of azide groups is 1. The molecule has 58 heavy (non-hydrogen) atoms. The van der Waals surface area contributed by atoms with Crippen molar-refractivity contribution in [1.29, 1.82) is 0 Å². The number of carbonyl (C=O) groups is 4. The minimum absolute atomic E-state index is 0.0121. The lowest BCUT2D eigenvalue weighted by molar-refractivity contribution is -0.298. The van der Waals surface area contributed by atoms with E-state index in [2.05, 4.69) is 10.0 Å². The highest BCUT2D eigenvalue weighted by Gasteiger charge is 3.01. The third kappa shape index (κ3) is 4.35. The molecule has 3 saturated heterocycles. The summed E-state index contributed by atoms with van der Waals surface area (Å²) in [5.41, 5.74) is -2.21. The van der Waals surface area contributed by atoms with Crippen LogP contribution in [0.15, 0.2) is 5.11 Å². The molecule has 20 atom stereocenters. The molecule has 4 N–H and O–H groups in total. The number of aliphatic hydroxyl groups is 4. The van der Waals surface area contributed by atoms with Gasteiger partial charge in [-0.15, -0.1) is 0 Å². The van der Waals surface area contributed by atoms with Gasteiger partial charge in [0.15, 0.2) is 6.10 Å². The molecule has 320 valence electrons. The van der Waals surface area contributed by atoms with Crippen LogP contribution in [-0.4, -0.2) is 123 Å². The Bertz CT molecular complexity index is 1900. The molecule has 9 aliphatic rings. The van der Waals surface area contributed by atoms with Crippen molar-refractivity contribution in [3.05, 3.63) is 10.4 Å². The first-order valence-corrected chi connectivity index (χ1v) is 21.1. The van der Waals surface area contributed by atoms with Crippen LogP contribution in [0.25, 0.3) is 10.4 Å². The first-order chi connectivity index (χ1) is 27.2. The van der Waals surface area contributed by atoms with E-state index in [1.54, 1.807) is 13.8 Å². The summed E-state index contributed by atoms with van der Waals surface area (Å²) >= 11 is 0. The summed E-state index contributed by atoms with van der Waals surface area (Å²) in [6, 6.07) is 0. The summed E-state index contributed by atoms with van der Waals surface area (Å²) in [5.74, 6) is -8.64. The van der Waals surface area contributed by atoms with E-state index in [9.17, 15) is 34.8 Å². The van der Waals surface area contributed by atoms with Crippen molar-refractivity contribution in [2.75, 3.05) is 13.2 Å². The van der Waals surface area contributed by atoms with Gasteiger partial charge in [-0.2, -0.15) is 0 Å². The number of ketones is 1. The molecule has 2 bridgehead atoms. The van der Waals surface area contributed by atoms with E-state index >= 15 is 4.79 Å². The summed E-state index contributed by atoms with van der Waals surface area (Å²) in [6.45, 7) is 12.3. The monoisotopic (exact) mass is 815 g/mol. The Morgan fingerprint density at radius 2 is 1.71 bits per heavy atom. The average molecular weight is 816 g/mol. The Morgan fingerprint density at radius 3 is 2.38 bits per heavy atom. The number of ether oxygens (including phenoxy) is 6. The highest BCUT2D eigenvalue weighted by atomic mass is 16.8. The number of hydrogen-bond donors (Lipinski definition) is 4. The molecule has 6 aliphatic carbocycles. The maximum atomic E-state index is 15.2. The smallest absolute Gasteiger partial charge is 0.306 e. The predicted molar refractivity (Wildman–Crippen MR) is 196 cm³/mol. The van der Waals surface area contributed by atoms with Gasteiger partial charge in [0.25, 0.3) is 0 Å². The van der Waals surface area contributed by atoms with Gasteiger partial charge >= 0.3 is 17.9 Å². The van der Waals surface area contributed by atoms with E-state index in [-0.39, 0.29) is 44.8 Å². The number of hydrogen-bond acceptors (Lipinski definition) is 15. The highest BCUT2D eigenvalue weighted by molar-refractivity contribution is 5.95. The van der Waals surface area contributed by atoms with Crippen molar-refractivity contribution in [1.82, 2.24) is 0 Å². The molecule has 17 nitrogen and oxygen atoms in total. The lowest BCUT2D eigenvalue weighted by Crippen LogP contribution is -2.80. The number of nitrogens with zero attached hydrogens (tertiary/aromatic N) is 3. The van der Waals surface area contributed by atoms with Crippen molar-refractivity contribution in [2.24, 2.45) is 56.4 Å². The predicted octanol–water partition coefficient (Wildman–Crippen LogP) is 2.42. The van der Waals surface area contributed by atoms with Crippen molar-refractivity contribution in [2.45, 2.75) is 165 Å². The van der Waals surface area contributed by atoms with Crippen molar-refractivity contribution >= 4 is 23.7 Å². The zero-order valence-corrected chi connectivity index (χ0v) is 34.2. The standard InChI is InChI=1S/C41H57N3O14/c1-8-9-12-21(46)56-26-23-24(35(5)29(48)25-20(55-25)15-40(35,52)31(26)50)27(54-19(3)45)30(49)36(6)28(23)39(51)16-38(36)18(2)32-41(58-32)37(7,33(38)39)34(4,17-53-41)57-22(47)13-10-11-14-43-44-42/h18,20,23-30,32-33,48-49,51-52H,8-17H2,1-7H3/t18-,20+,23+,24-,25+,26-,27+,28+,29+,30+,32-,33+,34-,35+,36-,37+,38+,39+,40+,41-/m1/s1. The van der Waals surface area contributed by atoms with Crippen LogP contribution >= 0.6 is 0 Å². The van der Waals surface area contributed by atoms with Gasteiger partial charge in [0.1, 0.15) is 29.5 Å². The van der Waals surface area contributed by atoms with E-state index in [1.165, 1.54) is 6.92 Å². The molecular formula is C41H57N3O14. The Hall–Kier alpha value is -2.89. The molecule has 9 fully saturated rings. The third-order valence-corrected chi connectivity index (χ3v) is 17.9. The Balaban J connectivity index is 1.21. The number of aliphatic hydroxyl groups excluding tert-OH is 2. The van der Waals surface area contributed by atoms with Crippen LogP contribution in [-0.2, 0) is 47.6 Å². The molecule has 1 spiro atoms. The van der Waals surface area contributed by atoms with E-state index in [0.29, 0.717) is 25.7 Å². The van der Waals surface area contributed by atoms with Crippen LogP contribution in [0, 0.1) is 51.2 Å². The number of rotatable bonds is 11. The number of Topliss-reactive ketones (excluding diaryl/α,β-unsaturated/α-hetero) is 1. The Labute approximate surface area is 336 Å². The fourth-order valence-electron chi connectivity index (χ4n) is 15.4. The number of esters is 3. The Morgan fingerprint density at radius 1 is 1.00 bits per heavy atom. The summed E-state index contributed by atoms with van der Waals surface area (Å²) in [5, 5.41) is 55.3. The molecule has 6 saturated carbocycles. The van der Waals surface area contributed by atoms with E-state index in [1.807, 2.05) is 27.7 Å². The maximum absolute atomic E-state index is 15.2. The van der Waals surface area contributed by atoms with Crippen molar-refractivity contribution in [3.8, 4) is 0 Å². The molecule has 9 rings (SSSR count). The quantitative estimate of drug-likeness (QED) is 0.0444. The van der Waals surface area contributed by atoms with Gasteiger partial charge in [-0.3, -0.25) is 19.2 Å². The summed E-state index contributed by atoms with van der Waals surface area (Å²) in [7, 11) is 0. The fraction of sp³-hybridized carbons (Fsp3) is 0.902. The SMILES string of the molecule is CCCCC(=O)O[C@H]1C(=O)[C@@]2(O)C[C@@H]3O[C@@H]3[C@H](O)[C@]2(C)[C@H]2[C@H](OC(C)=O)[C@H](O)[C@@]3(C)[C@H]([C@@H]21)[C@@]1(O)C[C@@]32[C@H](C)[C@H]3O[C@]34OC[C@@](C)(OC(=O)CCCCN=[N+]=[N-])[C@]4(C)[C@H]12. The lowest BCUT2D eigenvalue weighted by Gasteiger charge is -2.69. The van der Waals surface area contributed by atoms with Crippen LogP contribution in [0.4, 0.5) is 0 Å². The number of epoxide rings is 2. The third-order valence-electron chi connectivity index (χ3n) is 17.9. The summed E-state index contributed by atoms with van der Waals surface area (Å²) in [4.78, 5) is 58.4. The van der Waals surface area contributed by atoms with Gasteiger partial charge in [0.2, 0.25) is 11.6 Å². The first-order valence-electron chi connectivity index (χ1n) is 21.1. The molecular weight excluding hydrogens is 758 g/mol. The van der Waals surface area contributed by atoms with Crippen LogP contribution < -0.4 is 0 Å². The van der Waals surface area contributed by atoms with Crippen LogP contribution in [0.3, 0.4) is 0 Å². The van der Waals surface area contributed by atoms with Crippen molar-refractivity contribution < 1.29 is 68.0 Å². The number of unbranched alkanes of at least 4 members (excludes halogenated alkanes) is 2. The highest BCUT2D eigenvalue weighted by Crippen LogP contribution is 2.93. The maximum Gasteiger partial charge on any atom is 0.306 e. The first kappa shape index (κ1) is 40.5. The van der Waals surface area contributed by atoms with Crippen molar-refractivity contribution in [3.63, 3.8) is 0 Å². The van der Waals surface area contributed by atoms with Gasteiger partial charge in [-0.25, -0.2) is 0 Å². The van der Waals surface area contributed by atoms with E-state index in [4.69, 9.17) is 34.0 Å². The second kappa shape index (κ2) is 12.4. The topological polar surface area (TPSA) is 260 Å². The number of fused-ring (bicyclic) bond motifs is 7. The molecule has 0 unspecified atom stereocenters. The normalized spacial score (nSPS) is 55.7. The zero-order valence-electron chi connectivity index (χ0n) is 34.2. The summed E-state index contributed by atoms with van der Waals surface area (Å²) in [6.07, 6.45) is -6.02. The van der Waals surface area contributed by atoms with Crippen LogP contribution in [0.2, 0.25) is 0 Å². The summed E-state index contributed by atoms with van der Waals surface area (Å²) < 4.78 is 37.6. The lowest BCUT2D eigenvalue weighted by atomic mass is 9.35. The van der Waals surface area contributed by atoms with Crippen LogP contribution in [0.5, 0.6) is 0 Å². The molecule has 3 aliphatic heterocycles. The van der Waals surface area contributed by atoms with Gasteiger partial charge in [-0.1, -0.05) is 39.2 Å². The largest absolute Gasteiger partial charge is 0.459 e. The van der Waals surface area contributed by atoms with Gasteiger partial charge in [-0.05, 0) is 56.4 Å². The average Bonchev–Trinajstić information content (AvgIpc) is 4.05. The zero-order chi connectivity index (χ0) is 42.0. The second-order valence-electron chi connectivity index (χ2n) is 19.9. The molecule has 17 heteroatoms. The Kier molecular flexibility index (Phi) is 8.64. The minimum Gasteiger partial charge on any atom is -0.459 e. The van der Waals surface area contributed by atoms with Crippen LogP contribution in [0.1, 0.15) is 99.8 Å². The van der Waals surface area contributed by atoms with E-state index < -0.39 is 134 Å². The minimum atomic E-state index is -2.33. The van der Waals surface area contributed by atoms with Gasteiger partial charge in [0.05, 0.1) is 35.9 Å². The molecule has 0 aromatic carbocycles.